The van der Waals surface area contributed by atoms with E-state index < -0.39 is 0 Å². The third kappa shape index (κ3) is 2.59. The summed E-state index contributed by atoms with van der Waals surface area (Å²) in [5, 5.41) is 1.99. The molecule has 1 fully saturated rings. The molecule has 2 aromatic heterocycles. The third-order valence-electron chi connectivity index (χ3n) is 5.00. The van der Waals surface area contributed by atoms with Crippen molar-refractivity contribution in [3.63, 3.8) is 0 Å². The Labute approximate surface area is 155 Å². The molecule has 1 amide bonds. The molecule has 1 atom stereocenters. The summed E-state index contributed by atoms with van der Waals surface area (Å²) in [6.07, 6.45) is 3.09. The molecule has 5 rings (SSSR count). The number of rotatable bonds is 2. The lowest BCUT2D eigenvalue weighted by Gasteiger charge is -2.33. The Morgan fingerprint density at radius 2 is 1.96 bits per heavy atom. The highest BCUT2D eigenvalue weighted by molar-refractivity contribution is 7.18. The summed E-state index contributed by atoms with van der Waals surface area (Å²) >= 11 is 1.69. The zero-order valence-electron chi connectivity index (χ0n) is 14.2. The van der Waals surface area contributed by atoms with Crippen molar-refractivity contribution in [2.45, 2.75) is 25.3 Å². The Kier molecular flexibility index (Phi) is 3.75. The number of carbonyl (C=O) groups excluding carboxylic acids is 1. The highest BCUT2D eigenvalue weighted by Crippen LogP contribution is 2.36. The summed E-state index contributed by atoms with van der Waals surface area (Å²) in [6, 6.07) is 17.8. The van der Waals surface area contributed by atoms with E-state index in [0.29, 0.717) is 5.76 Å². The summed E-state index contributed by atoms with van der Waals surface area (Å²) in [4.78, 5) is 19.9. The summed E-state index contributed by atoms with van der Waals surface area (Å²) < 4.78 is 6.99. The molecule has 0 N–H and O–H groups in total. The number of furan rings is 1. The van der Waals surface area contributed by atoms with Gasteiger partial charge in [-0.05, 0) is 43.5 Å². The third-order valence-corrected chi connectivity index (χ3v) is 6.13. The smallest absolute Gasteiger partial charge is 0.290 e. The van der Waals surface area contributed by atoms with Crippen molar-refractivity contribution >= 4 is 38.4 Å². The second kappa shape index (κ2) is 6.25. The quantitative estimate of drug-likeness (QED) is 0.479. The summed E-state index contributed by atoms with van der Waals surface area (Å²) in [7, 11) is 0. The van der Waals surface area contributed by atoms with Crippen molar-refractivity contribution < 1.29 is 9.21 Å². The number of benzene rings is 2. The number of likely N-dealkylation sites (tertiary alicyclic amines) is 1. The van der Waals surface area contributed by atoms with Crippen LogP contribution in [0.2, 0.25) is 0 Å². The Morgan fingerprint density at radius 1 is 1.12 bits per heavy atom. The second-order valence-electron chi connectivity index (χ2n) is 6.68. The van der Waals surface area contributed by atoms with Crippen LogP contribution in [0.25, 0.3) is 21.2 Å². The number of hydrogen-bond acceptors (Lipinski definition) is 4. The van der Waals surface area contributed by atoms with Gasteiger partial charge in [-0.3, -0.25) is 4.79 Å². The van der Waals surface area contributed by atoms with Crippen molar-refractivity contribution in [3.05, 3.63) is 65.4 Å². The van der Waals surface area contributed by atoms with Crippen LogP contribution in [-0.4, -0.2) is 22.3 Å². The minimum Gasteiger partial charge on any atom is -0.451 e. The van der Waals surface area contributed by atoms with E-state index in [4.69, 9.17) is 9.40 Å². The van der Waals surface area contributed by atoms with Crippen LogP contribution in [-0.2, 0) is 0 Å². The molecule has 1 aliphatic heterocycles. The molecule has 0 spiro atoms. The van der Waals surface area contributed by atoms with Gasteiger partial charge in [-0.1, -0.05) is 30.3 Å². The van der Waals surface area contributed by atoms with E-state index in [1.165, 1.54) is 4.70 Å². The number of carbonyl (C=O) groups is 1. The number of aromatic nitrogens is 1. The van der Waals surface area contributed by atoms with Gasteiger partial charge in [-0.2, -0.15) is 0 Å². The maximum Gasteiger partial charge on any atom is 0.290 e. The average Bonchev–Trinajstić information content (AvgIpc) is 3.31. The van der Waals surface area contributed by atoms with Gasteiger partial charge in [0.1, 0.15) is 10.6 Å². The van der Waals surface area contributed by atoms with Gasteiger partial charge < -0.3 is 9.32 Å². The predicted molar refractivity (Wildman–Crippen MR) is 103 cm³/mol. The van der Waals surface area contributed by atoms with Gasteiger partial charge >= 0.3 is 0 Å². The van der Waals surface area contributed by atoms with E-state index in [1.807, 2.05) is 53.4 Å². The standard InChI is InChI=1S/C21H18N2O2S/c24-21(18-13-14-7-1-3-10-17(14)25-18)23-12-6-5-9-16(23)20-22-15-8-2-4-11-19(15)26-20/h1-4,7-8,10-11,13,16H,5-6,9,12H2/t16-/m0/s1. The Morgan fingerprint density at radius 3 is 2.85 bits per heavy atom. The van der Waals surface area contributed by atoms with Crippen LogP contribution in [0.4, 0.5) is 0 Å². The highest BCUT2D eigenvalue weighted by Gasteiger charge is 2.32. The van der Waals surface area contributed by atoms with Crippen molar-refractivity contribution in [2.75, 3.05) is 6.54 Å². The molecule has 0 radical (unpaired) electrons. The lowest BCUT2D eigenvalue weighted by atomic mass is 10.0. The molecular weight excluding hydrogens is 344 g/mol. The van der Waals surface area contributed by atoms with Crippen LogP contribution in [0.15, 0.2) is 59.0 Å². The predicted octanol–water partition coefficient (Wildman–Crippen LogP) is 5.41. The van der Waals surface area contributed by atoms with Gasteiger partial charge in [0.15, 0.2) is 5.76 Å². The lowest BCUT2D eigenvalue weighted by molar-refractivity contribution is 0.0581. The second-order valence-corrected chi connectivity index (χ2v) is 7.74. The lowest BCUT2D eigenvalue weighted by Crippen LogP contribution is -2.38. The molecular formula is C21H18N2O2S. The molecule has 0 bridgehead atoms. The van der Waals surface area contributed by atoms with E-state index in [9.17, 15) is 4.79 Å². The van der Waals surface area contributed by atoms with Crippen LogP contribution in [0.5, 0.6) is 0 Å². The van der Waals surface area contributed by atoms with Gasteiger partial charge in [-0.15, -0.1) is 11.3 Å². The van der Waals surface area contributed by atoms with E-state index >= 15 is 0 Å². The van der Waals surface area contributed by atoms with Crippen LogP contribution < -0.4 is 0 Å². The maximum absolute atomic E-state index is 13.2. The van der Waals surface area contributed by atoms with Crippen LogP contribution in [0.3, 0.4) is 0 Å². The zero-order valence-corrected chi connectivity index (χ0v) is 15.0. The van der Waals surface area contributed by atoms with Gasteiger partial charge in [0.2, 0.25) is 0 Å². The molecule has 130 valence electrons. The van der Waals surface area contributed by atoms with Crippen molar-refractivity contribution in [2.24, 2.45) is 0 Å². The van der Waals surface area contributed by atoms with Gasteiger partial charge in [0, 0.05) is 11.9 Å². The first-order chi connectivity index (χ1) is 12.8. The van der Waals surface area contributed by atoms with E-state index in [1.54, 1.807) is 11.3 Å². The molecule has 1 saturated heterocycles. The fraction of sp³-hybridized carbons (Fsp3) is 0.238. The van der Waals surface area contributed by atoms with Gasteiger partial charge in [0.25, 0.3) is 5.91 Å². The topological polar surface area (TPSA) is 46.3 Å². The number of thiazole rings is 1. The van der Waals surface area contributed by atoms with E-state index in [2.05, 4.69) is 6.07 Å². The SMILES string of the molecule is O=C(c1cc2ccccc2o1)N1CCCC[C@H]1c1nc2ccccc2s1. The number of para-hydroxylation sites is 2. The molecule has 0 saturated carbocycles. The minimum atomic E-state index is -0.0369. The monoisotopic (exact) mass is 362 g/mol. The average molecular weight is 362 g/mol. The largest absolute Gasteiger partial charge is 0.451 e. The van der Waals surface area contributed by atoms with E-state index in [0.717, 1.165) is 47.3 Å². The molecule has 2 aromatic carbocycles. The molecule has 1 aliphatic rings. The number of hydrogen-bond donors (Lipinski definition) is 0. The Hall–Kier alpha value is -2.66. The highest BCUT2D eigenvalue weighted by atomic mass is 32.1. The van der Waals surface area contributed by atoms with Crippen molar-refractivity contribution in [1.82, 2.24) is 9.88 Å². The minimum absolute atomic E-state index is 0.0295. The van der Waals surface area contributed by atoms with Crippen LogP contribution in [0.1, 0.15) is 40.9 Å². The summed E-state index contributed by atoms with van der Waals surface area (Å²) in [5.41, 5.74) is 1.76. The van der Waals surface area contributed by atoms with E-state index in [-0.39, 0.29) is 11.9 Å². The molecule has 0 aliphatic carbocycles. The molecule has 4 nitrogen and oxygen atoms in total. The van der Waals surface area contributed by atoms with Gasteiger partial charge in [-0.25, -0.2) is 4.98 Å². The molecule has 5 heteroatoms. The number of nitrogens with zero attached hydrogens (tertiary/aromatic N) is 2. The molecule has 26 heavy (non-hydrogen) atoms. The maximum atomic E-state index is 13.2. The van der Waals surface area contributed by atoms with Crippen molar-refractivity contribution in [1.29, 1.82) is 0 Å². The number of amides is 1. The Bertz CT molecular complexity index is 1030. The molecule has 4 aromatic rings. The first-order valence-electron chi connectivity index (χ1n) is 8.94. The molecule has 3 heterocycles. The summed E-state index contributed by atoms with van der Waals surface area (Å²) in [6.45, 7) is 0.746. The zero-order chi connectivity index (χ0) is 17.5. The molecule has 0 unspecified atom stereocenters. The fourth-order valence-electron chi connectivity index (χ4n) is 3.69. The summed E-state index contributed by atoms with van der Waals surface area (Å²) in [5.74, 6) is 0.379. The number of piperidine rings is 1. The van der Waals surface area contributed by atoms with Crippen molar-refractivity contribution in [3.8, 4) is 0 Å². The first-order valence-corrected chi connectivity index (χ1v) is 9.76. The first kappa shape index (κ1) is 15.6. The van der Waals surface area contributed by atoms with Crippen LogP contribution >= 0.6 is 11.3 Å². The van der Waals surface area contributed by atoms with Gasteiger partial charge in [0.05, 0.1) is 16.3 Å². The Balaban J connectivity index is 1.51. The normalized spacial score (nSPS) is 17.8. The fourth-order valence-corrected chi connectivity index (χ4v) is 4.81. The van der Waals surface area contributed by atoms with Crippen LogP contribution in [0, 0.1) is 0 Å². The number of fused-ring (bicyclic) bond motifs is 2.